The predicted molar refractivity (Wildman–Crippen MR) is 104 cm³/mol. The van der Waals surface area contributed by atoms with Crippen molar-refractivity contribution in [1.29, 1.82) is 0 Å². The van der Waals surface area contributed by atoms with E-state index < -0.39 is 0 Å². The molecule has 0 spiro atoms. The van der Waals surface area contributed by atoms with E-state index in [1.807, 2.05) is 33.7 Å². The van der Waals surface area contributed by atoms with Gasteiger partial charge in [-0.2, -0.15) is 0 Å². The fourth-order valence-electron chi connectivity index (χ4n) is 4.24. The maximum atomic E-state index is 13.0. The van der Waals surface area contributed by atoms with E-state index in [0.717, 1.165) is 23.7 Å². The van der Waals surface area contributed by atoms with Crippen molar-refractivity contribution in [3.63, 3.8) is 0 Å². The first-order chi connectivity index (χ1) is 13.1. The van der Waals surface area contributed by atoms with Crippen LogP contribution in [0.2, 0.25) is 0 Å². The molecule has 1 aromatic carbocycles. The number of aromatic nitrogens is 1. The standard InChI is InChI=1S/C22H24N2O3/c1-15-7-5-8-16(2)24(15)21(25)14-23-13-18(17-9-3-4-10-19(17)23)22(26)20-11-6-12-27-20/h3-4,6,9-13,15-16H,5,7-8,14H2,1-2H3. The van der Waals surface area contributed by atoms with Crippen molar-refractivity contribution in [2.24, 2.45) is 0 Å². The molecule has 1 aliphatic heterocycles. The molecule has 140 valence electrons. The summed E-state index contributed by atoms with van der Waals surface area (Å²) in [5.74, 6) is 0.247. The number of fused-ring (bicyclic) bond motifs is 1. The molecule has 1 aliphatic rings. The maximum Gasteiger partial charge on any atom is 0.242 e. The van der Waals surface area contributed by atoms with Crippen LogP contribution in [0.3, 0.4) is 0 Å². The summed E-state index contributed by atoms with van der Waals surface area (Å²) < 4.78 is 7.17. The van der Waals surface area contributed by atoms with Crippen LogP contribution in [0.25, 0.3) is 10.9 Å². The van der Waals surface area contributed by atoms with E-state index in [1.54, 1.807) is 18.3 Å². The van der Waals surface area contributed by atoms with Crippen LogP contribution in [0.15, 0.2) is 53.3 Å². The molecule has 0 saturated carbocycles. The molecule has 3 heterocycles. The smallest absolute Gasteiger partial charge is 0.242 e. The number of carbonyl (C=O) groups is 2. The van der Waals surface area contributed by atoms with Crippen molar-refractivity contribution in [1.82, 2.24) is 9.47 Å². The Morgan fingerprint density at radius 1 is 1.07 bits per heavy atom. The number of rotatable bonds is 4. The van der Waals surface area contributed by atoms with Crippen LogP contribution in [0.1, 0.15) is 49.2 Å². The van der Waals surface area contributed by atoms with Gasteiger partial charge >= 0.3 is 0 Å². The van der Waals surface area contributed by atoms with E-state index in [-0.39, 0.29) is 30.3 Å². The van der Waals surface area contributed by atoms with Crippen molar-refractivity contribution in [2.45, 2.75) is 51.7 Å². The fraction of sp³-hybridized carbons (Fsp3) is 0.364. The summed E-state index contributed by atoms with van der Waals surface area (Å²) in [4.78, 5) is 27.9. The molecule has 5 heteroatoms. The molecular weight excluding hydrogens is 340 g/mol. The molecule has 4 rings (SSSR count). The summed E-state index contributed by atoms with van der Waals surface area (Å²) in [6, 6.07) is 11.6. The Hall–Kier alpha value is -2.82. The zero-order chi connectivity index (χ0) is 19.0. The quantitative estimate of drug-likeness (QED) is 0.650. The molecule has 0 N–H and O–H groups in total. The van der Waals surface area contributed by atoms with Crippen molar-refractivity contribution in [3.8, 4) is 0 Å². The normalized spacial score (nSPS) is 20.1. The SMILES string of the molecule is CC1CCCC(C)N1C(=O)Cn1cc(C(=O)c2ccco2)c2ccccc21. The van der Waals surface area contributed by atoms with E-state index >= 15 is 0 Å². The van der Waals surface area contributed by atoms with Crippen molar-refractivity contribution >= 4 is 22.6 Å². The lowest BCUT2D eigenvalue weighted by molar-refractivity contribution is -0.137. The van der Waals surface area contributed by atoms with Gasteiger partial charge in [0, 0.05) is 29.2 Å². The highest BCUT2D eigenvalue weighted by Gasteiger charge is 2.29. The molecule has 0 radical (unpaired) electrons. The van der Waals surface area contributed by atoms with Gasteiger partial charge in [0.25, 0.3) is 0 Å². The Labute approximate surface area is 158 Å². The summed E-state index contributed by atoms with van der Waals surface area (Å²) in [5, 5.41) is 0.839. The number of likely N-dealkylation sites (tertiary alicyclic amines) is 1. The highest BCUT2D eigenvalue weighted by molar-refractivity contribution is 6.15. The molecule has 1 saturated heterocycles. The summed E-state index contributed by atoms with van der Waals surface area (Å²) in [6.45, 7) is 4.47. The third-order valence-electron chi connectivity index (χ3n) is 5.57. The minimum absolute atomic E-state index is 0.104. The van der Waals surface area contributed by atoms with E-state index in [2.05, 4.69) is 13.8 Å². The highest BCUT2D eigenvalue weighted by atomic mass is 16.3. The number of para-hydroxylation sites is 1. The van der Waals surface area contributed by atoms with E-state index in [9.17, 15) is 9.59 Å². The van der Waals surface area contributed by atoms with E-state index in [1.165, 1.54) is 12.7 Å². The molecule has 0 aliphatic carbocycles. The molecule has 1 amide bonds. The van der Waals surface area contributed by atoms with Gasteiger partial charge in [-0.05, 0) is 51.3 Å². The lowest BCUT2D eigenvalue weighted by Crippen LogP contribution is -2.48. The number of nitrogens with zero attached hydrogens (tertiary/aromatic N) is 2. The molecule has 2 unspecified atom stereocenters. The minimum Gasteiger partial charge on any atom is -0.461 e. The van der Waals surface area contributed by atoms with Crippen LogP contribution in [0.5, 0.6) is 0 Å². The van der Waals surface area contributed by atoms with Gasteiger partial charge in [-0.3, -0.25) is 9.59 Å². The van der Waals surface area contributed by atoms with Crippen LogP contribution in [-0.2, 0) is 11.3 Å². The monoisotopic (exact) mass is 364 g/mol. The van der Waals surface area contributed by atoms with Gasteiger partial charge in [0.1, 0.15) is 6.54 Å². The lowest BCUT2D eigenvalue weighted by atomic mass is 9.97. The number of furan rings is 1. The number of piperidine rings is 1. The average Bonchev–Trinajstić information content (AvgIpc) is 3.30. The summed E-state index contributed by atoms with van der Waals surface area (Å²) in [6.07, 6.45) is 6.54. The Balaban J connectivity index is 1.68. The number of carbonyl (C=O) groups excluding carboxylic acids is 2. The first-order valence-corrected chi connectivity index (χ1v) is 9.53. The zero-order valence-electron chi connectivity index (χ0n) is 15.7. The number of amides is 1. The van der Waals surface area contributed by atoms with Gasteiger partial charge in [-0.15, -0.1) is 0 Å². The number of hydrogen-bond donors (Lipinski definition) is 0. The second-order valence-corrected chi connectivity index (χ2v) is 7.42. The molecule has 5 nitrogen and oxygen atoms in total. The van der Waals surface area contributed by atoms with Crippen molar-refractivity contribution in [3.05, 3.63) is 60.2 Å². The Kier molecular flexibility index (Phi) is 4.60. The van der Waals surface area contributed by atoms with Gasteiger partial charge in [0.15, 0.2) is 5.76 Å². The van der Waals surface area contributed by atoms with Crippen molar-refractivity contribution < 1.29 is 14.0 Å². The number of hydrogen-bond acceptors (Lipinski definition) is 3. The second kappa shape index (κ2) is 7.06. The summed E-state index contributed by atoms with van der Waals surface area (Å²) in [5.41, 5.74) is 1.45. The lowest BCUT2D eigenvalue weighted by Gasteiger charge is -2.39. The van der Waals surface area contributed by atoms with Gasteiger partial charge in [-0.25, -0.2) is 0 Å². The fourth-order valence-corrected chi connectivity index (χ4v) is 4.24. The Bertz CT molecular complexity index is 961. The molecule has 1 fully saturated rings. The van der Waals surface area contributed by atoms with Gasteiger partial charge in [0.2, 0.25) is 11.7 Å². The molecular formula is C22H24N2O3. The average molecular weight is 364 g/mol. The van der Waals surface area contributed by atoms with Crippen LogP contribution in [0.4, 0.5) is 0 Å². The maximum absolute atomic E-state index is 13.0. The van der Waals surface area contributed by atoms with Gasteiger partial charge in [-0.1, -0.05) is 18.2 Å². The topological polar surface area (TPSA) is 55.5 Å². The highest BCUT2D eigenvalue weighted by Crippen LogP contribution is 2.26. The number of ketones is 1. The summed E-state index contributed by atoms with van der Waals surface area (Å²) in [7, 11) is 0. The van der Waals surface area contributed by atoms with Crippen LogP contribution < -0.4 is 0 Å². The van der Waals surface area contributed by atoms with E-state index in [4.69, 9.17) is 4.42 Å². The molecule has 2 aromatic heterocycles. The first-order valence-electron chi connectivity index (χ1n) is 9.53. The second-order valence-electron chi connectivity index (χ2n) is 7.42. The van der Waals surface area contributed by atoms with Gasteiger partial charge < -0.3 is 13.9 Å². The van der Waals surface area contributed by atoms with Crippen LogP contribution in [-0.4, -0.2) is 33.2 Å². The summed E-state index contributed by atoms with van der Waals surface area (Å²) >= 11 is 0. The molecule has 3 aromatic rings. The first kappa shape index (κ1) is 17.6. The van der Waals surface area contributed by atoms with Crippen molar-refractivity contribution in [2.75, 3.05) is 0 Å². The van der Waals surface area contributed by atoms with Gasteiger partial charge in [0.05, 0.1) is 11.8 Å². The zero-order valence-corrected chi connectivity index (χ0v) is 15.7. The third kappa shape index (κ3) is 3.18. The molecule has 27 heavy (non-hydrogen) atoms. The Morgan fingerprint density at radius 2 is 1.81 bits per heavy atom. The predicted octanol–water partition coefficient (Wildman–Crippen LogP) is 4.25. The Morgan fingerprint density at radius 3 is 2.52 bits per heavy atom. The molecule has 2 atom stereocenters. The minimum atomic E-state index is -0.165. The van der Waals surface area contributed by atoms with Crippen LogP contribution >= 0.6 is 0 Å². The number of benzene rings is 1. The largest absolute Gasteiger partial charge is 0.461 e. The van der Waals surface area contributed by atoms with Crippen LogP contribution in [0, 0.1) is 0 Å². The third-order valence-corrected chi connectivity index (χ3v) is 5.57. The van der Waals surface area contributed by atoms with E-state index in [0.29, 0.717) is 11.3 Å². The molecule has 0 bridgehead atoms.